The Morgan fingerprint density at radius 3 is 2.73 bits per heavy atom. The van der Waals surface area contributed by atoms with Gasteiger partial charge in [0, 0.05) is 25.0 Å². The van der Waals surface area contributed by atoms with Gasteiger partial charge >= 0.3 is 5.69 Å². The van der Waals surface area contributed by atoms with E-state index >= 15 is 0 Å². The third kappa shape index (κ3) is 3.47. The van der Waals surface area contributed by atoms with Crippen molar-refractivity contribution in [1.29, 1.82) is 0 Å². The molecule has 0 spiro atoms. The fraction of sp³-hybridized carbons (Fsp3) is 0.300. The molecule has 0 atom stereocenters. The van der Waals surface area contributed by atoms with Gasteiger partial charge in [-0.15, -0.1) is 0 Å². The molecular weight excluding hydrogens is 392 g/mol. The average molecular weight is 412 g/mol. The van der Waals surface area contributed by atoms with Gasteiger partial charge in [0.25, 0.3) is 5.56 Å². The van der Waals surface area contributed by atoms with Crippen molar-refractivity contribution in [1.82, 2.24) is 14.1 Å². The van der Waals surface area contributed by atoms with E-state index in [9.17, 15) is 14.4 Å². The molecule has 1 N–H and O–H groups in total. The second-order valence-corrected chi connectivity index (χ2v) is 6.58. The zero-order chi connectivity index (χ0) is 21.3. The Kier molecular flexibility index (Phi) is 5.13. The molecule has 3 heterocycles. The van der Waals surface area contributed by atoms with Gasteiger partial charge in [-0.3, -0.25) is 14.2 Å². The summed E-state index contributed by atoms with van der Waals surface area (Å²) in [6, 6.07) is 6.53. The van der Waals surface area contributed by atoms with Crippen molar-refractivity contribution < 1.29 is 19.0 Å². The molecule has 0 fully saturated rings. The summed E-state index contributed by atoms with van der Waals surface area (Å²) in [6.45, 7) is 2.55. The maximum atomic E-state index is 13.0. The van der Waals surface area contributed by atoms with Gasteiger partial charge < -0.3 is 19.5 Å². The highest BCUT2D eigenvalue weighted by Crippen LogP contribution is 2.32. The number of hydrogen-bond acceptors (Lipinski definition) is 7. The predicted octanol–water partition coefficient (Wildman–Crippen LogP) is 0.904. The molecule has 1 aliphatic heterocycles. The molecule has 0 bridgehead atoms. The minimum absolute atomic E-state index is 0.147. The predicted molar refractivity (Wildman–Crippen MR) is 108 cm³/mol. The molecular formula is C20H20N4O6. The van der Waals surface area contributed by atoms with E-state index in [1.54, 1.807) is 31.2 Å². The van der Waals surface area contributed by atoms with Crippen LogP contribution in [0.1, 0.15) is 6.92 Å². The molecule has 10 heteroatoms. The number of carbonyl (C=O) groups excluding carboxylic acids is 1. The lowest BCUT2D eigenvalue weighted by Gasteiger charge is -2.19. The molecule has 1 aliphatic rings. The van der Waals surface area contributed by atoms with Crippen molar-refractivity contribution in [3.63, 3.8) is 0 Å². The highest BCUT2D eigenvalue weighted by molar-refractivity contribution is 5.91. The van der Waals surface area contributed by atoms with Crippen molar-refractivity contribution >= 4 is 22.6 Å². The summed E-state index contributed by atoms with van der Waals surface area (Å²) in [6.07, 6.45) is 1.46. The molecule has 2 aromatic heterocycles. The summed E-state index contributed by atoms with van der Waals surface area (Å²) >= 11 is 0. The second kappa shape index (κ2) is 7.90. The maximum absolute atomic E-state index is 13.0. The molecule has 30 heavy (non-hydrogen) atoms. The molecule has 0 aliphatic carbocycles. The first-order valence-electron chi connectivity index (χ1n) is 9.40. The second-order valence-electron chi connectivity index (χ2n) is 6.58. The van der Waals surface area contributed by atoms with E-state index in [0.29, 0.717) is 42.8 Å². The monoisotopic (exact) mass is 412 g/mol. The number of benzene rings is 1. The lowest BCUT2D eigenvalue weighted by Crippen LogP contribution is -2.42. The number of anilines is 1. The smallest absolute Gasteiger partial charge is 0.332 e. The largest absolute Gasteiger partial charge is 0.493 e. The summed E-state index contributed by atoms with van der Waals surface area (Å²) < 4.78 is 18.5. The van der Waals surface area contributed by atoms with Crippen LogP contribution in [0.25, 0.3) is 11.0 Å². The zero-order valence-electron chi connectivity index (χ0n) is 16.5. The summed E-state index contributed by atoms with van der Waals surface area (Å²) in [5.74, 6) is 0.885. The van der Waals surface area contributed by atoms with E-state index in [1.165, 1.54) is 17.8 Å². The summed E-state index contributed by atoms with van der Waals surface area (Å²) in [5, 5.41) is 2.82. The Balaban J connectivity index is 1.66. The standard InChI is InChI=1S/C20H20N4O6/c1-3-28-14-6-7-21-18-17(14)19(26)24(20(27)23(18)2)11-16(25)22-12-4-5-13-15(10-12)30-9-8-29-13/h4-7,10H,3,8-9,11H2,1-2H3,(H,22,25). The number of nitrogens with one attached hydrogen (secondary N) is 1. The molecule has 4 rings (SSSR count). The molecule has 0 unspecified atom stereocenters. The van der Waals surface area contributed by atoms with Crippen LogP contribution in [-0.2, 0) is 18.4 Å². The molecule has 3 aromatic rings. The van der Waals surface area contributed by atoms with Crippen molar-refractivity contribution in [3.8, 4) is 17.2 Å². The van der Waals surface area contributed by atoms with Gasteiger partial charge in [0.15, 0.2) is 17.1 Å². The number of hydrogen-bond donors (Lipinski definition) is 1. The van der Waals surface area contributed by atoms with Crippen LogP contribution in [0.15, 0.2) is 40.1 Å². The highest BCUT2D eigenvalue weighted by atomic mass is 16.6. The van der Waals surface area contributed by atoms with Gasteiger partial charge in [0.05, 0.1) is 6.61 Å². The Labute approximate surface area is 170 Å². The number of carbonyl (C=O) groups is 1. The van der Waals surface area contributed by atoms with Crippen LogP contribution in [0.3, 0.4) is 0 Å². The Bertz CT molecular complexity index is 1250. The first-order valence-corrected chi connectivity index (χ1v) is 9.40. The van der Waals surface area contributed by atoms with Crippen LogP contribution in [0, 0.1) is 0 Å². The van der Waals surface area contributed by atoms with Gasteiger partial charge in [-0.25, -0.2) is 14.3 Å². The van der Waals surface area contributed by atoms with E-state index in [2.05, 4.69) is 10.3 Å². The van der Waals surface area contributed by atoms with Crippen molar-refractivity contribution in [2.75, 3.05) is 25.1 Å². The number of pyridine rings is 1. The SMILES string of the molecule is CCOc1ccnc2c1c(=O)n(CC(=O)Nc1ccc3c(c1)OCCO3)c(=O)n2C. The first-order chi connectivity index (χ1) is 14.5. The quantitative estimate of drug-likeness (QED) is 0.662. The van der Waals surface area contributed by atoms with Crippen molar-refractivity contribution in [3.05, 3.63) is 51.3 Å². The molecule has 0 saturated heterocycles. The minimum Gasteiger partial charge on any atom is -0.493 e. The van der Waals surface area contributed by atoms with Crippen LogP contribution < -0.4 is 30.8 Å². The molecule has 0 saturated carbocycles. The normalized spacial score (nSPS) is 12.6. The minimum atomic E-state index is -0.647. The molecule has 0 radical (unpaired) electrons. The average Bonchev–Trinajstić information content (AvgIpc) is 2.75. The van der Waals surface area contributed by atoms with Crippen LogP contribution >= 0.6 is 0 Å². The fourth-order valence-corrected chi connectivity index (χ4v) is 3.26. The number of ether oxygens (including phenoxy) is 3. The highest BCUT2D eigenvalue weighted by Gasteiger charge is 2.19. The molecule has 1 aromatic carbocycles. The fourth-order valence-electron chi connectivity index (χ4n) is 3.26. The first kappa shape index (κ1) is 19.5. The van der Waals surface area contributed by atoms with Gasteiger partial charge in [0.2, 0.25) is 5.91 Å². The molecule has 10 nitrogen and oxygen atoms in total. The number of aryl methyl sites for hydroxylation is 1. The van der Waals surface area contributed by atoms with E-state index in [1.807, 2.05) is 0 Å². The Hall–Kier alpha value is -3.82. The lowest BCUT2D eigenvalue weighted by molar-refractivity contribution is -0.116. The summed E-state index contributed by atoms with van der Waals surface area (Å²) in [4.78, 5) is 42.4. The third-order valence-electron chi connectivity index (χ3n) is 4.61. The summed E-state index contributed by atoms with van der Waals surface area (Å²) in [5.41, 5.74) is -0.626. The van der Waals surface area contributed by atoms with Crippen LogP contribution in [0.2, 0.25) is 0 Å². The van der Waals surface area contributed by atoms with Crippen molar-refractivity contribution in [2.24, 2.45) is 7.05 Å². The Morgan fingerprint density at radius 1 is 1.20 bits per heavy atom. The number of nitrogens with zero attached hydrogens (tertiary/aromatic N) is 3. The number of fused-ring (bicyclic) bond motifs is 2. The maximum Gasteiger partial charge on any atom is 0.332 e. The van der Waals surface area contributed by atoms with E-state index in [4.69, 9.17) is 14.2 Å². The Morgan fingerprint density at radius 2 is 1.97 bits per heavy atom. The van der Waals surface area contributed by atoms with E-state index < -0.39 is 23.7 Å². The zero-order valence-corrected chi connectivity index (χ0v) is 16.5. The number of rotatable bonds is 5. The number of amides is 1. The topological polar surface area (TPSA) is 114 Å². The van der Waals surface area contributed by atoms with Crippen LogP contribution in [-0.4, -0.2) is 39.8 Å². The van der Waals surface area contributed by atoms with E-state index in [-0.39, 0.29) is 11.0 Å². The van der Waals surface area contributed by atoms with E-state index in [0.717, 1.165) is 4.57 Å². The third-order valence-corrected chi connectivity index (χ3v) is 4.61. The van der Waals surface area contributed by atoms with Gasteiger partial charge in [-0.05, 0) is 25.1 Å². The molecule has 156 valence electrons. The van der Waals surface area contributed by atoms with Crippen molar-refractivity contribution in [2.45, 2.75) is 13.5 Å². The lowest BCUT2D eigenvalue weighted by atomic mass is 10.2. The molecule has 1 amide bonds. The van der Waals surface area contributed by atoms with Gasteiger partial charge in [0.1, 0.15) is 30.9 Å². The summed E-state index contributed by atoms with van der Waals surface area (Å²) in [7, 11) is 1.49. The van der Waals surface area contributed by atoms with Crippen LogP contribution in [0.5, 0.6) is 17.2 Å². The number of aromatic nitrogens is 3. The van der Waals surface area contributed by atoms with Crippen LogP contribution in [0.4, 0.5) is 5.69 Å². The van der Waals surface area contributed by atoms with Gasteiger partial charge in [-0.2, -0.15) is 0 Å². The van der Waals surface area contributed by atoms with Gasteiger partial charge in [-0.1, -0.05) is 0 Å².